The van der Waals surface area contributed by atoms with Gasteiger partial charge in [-0.05, 0) is 60.2 Å². The summed E-state index contributed by atoms with van der Waals surface area (Å²) in [5.41, 5.74) is 2.57. The summed E-state index contributed by atoms with van der Waals surface area (Å²) in [5.74, 6) is -0.947. The largest absolute Gasteiger partial charge is 0.361 e. The van der Waals surface area contributed by atoms with Crippen LogP contribution in [-0.4, -0.2) is 44.6 Å². The molecule has 3 amide bonds. The summed E-state index contributed by atoms with van der Waals surface area (Å²) in [5, 5.41) is 3.20. The minimum absolute atomic E-state index is 0.0258. The van der Waals surface area contributed by atoms with Gasteiger partial charge >= 0.3 is 0 Å². The summed E-state index contributed by atoms with van der Waals surface area (Å²) in [7, 11) is 1.85. The monoisotopic (exact) mass is 440 g/mol. The number of fused-ring (bicyclic) bond motifs is 1. The lowest BCUT2D eigenvalue weighted by Crippen LogP contribution is -2.34. The maximum Gasteiger partial charge on any atom is 0.293 e. The zero-order valence-electron chi connectivity index (χ0n) is 16.9. The van der Waals surface area contributed by atoms with Crippen LogP contribution in [0.1, 0.15) is 17.7 Å². The van der Waals surface area contributed by atoms with Crippen molar-refractivity contribution in [1.82, 2.24) is 19.8 Å². The SMILES string of the molecule is Cn1cccc1C=C1SC(=O)N(CCC(=O)NCCc2c[nH]c3ccc(F)cc23)C1=O. The predicted molar refractivity (Wildman–Crippen MR) is 118 cm³/mol. The second-order valence-corrected chi connectivity index (χ2v) is 8.22. The van der Waals surface area contributed by atoms with E-state index in [0.717, 1.165) is 38.8 Å². The molecule has 2 aromatic heterocycles. The smallest absolute Gasteiger partial charge is 0.293 e. The zero-order valence-corrected chi connectivity index (χ0v) is 17.7. The lowest BCUT2D eigenvalue weighted by Gasteiger charge is -2.12. The molecule has 9 heteroatoms. The number of hydrogen-bond acceptors (Lipinski definition) is 4. The molecule has 0 radical (unpaired) electrons. The number of nitrogens with zero attached hydrogens (tertiary/aromatic N) is 2. The van der Waals surface area contributed by atoms with Gasteiger partial charge in [0.05, 0.1) is 4.91 Å². The Bertz CT molecular complexity index is 1200. The molecule has 0 spiro atoms. The third-order valence-corrected chi connectivity index (χ3v) is 6.05. The molecular formula is C22H21FN4O3S. The molecule has 0 bridgehead atoms. The molecule has 1 aromatic carbocycles. The number of halogens is 1. The molecule has 1 aliphatic heterocycles. The molecule has 3 aromatic rings. The van der Waals surface area contributed by atoms with E-state index >= 15 is 0 Å². The first-order valence-electron chi connectivity index (χ1n) is 9.81. The van der Waals surface area contributed by atoms with E-state index in [2.05, 4.69) is 10.3 Å². The summed E-state index contributed by atoms with van der Waals surface area (Å²) in [4.78, 5) is 41.4. The lowest BCUT2D eigenvalue weighted by molar-refractivity contribution is -0.124. The highest BCUT2D eigenvalue weighted by molar-refractivity contribution is 8.18. The van der Waals surface area contributed by atoms with Crippen molar-refractivity contribution in [1.29, 1.82) is 0 Å². The summed E-state index contributed by atoms with van der Waals surface area (Å²) >= 11 is 0.878. The van der Waals surface area contributed by atoms with E-state index in [-0.39, 0.29) is 35.8 Å². The fourth-order valence-corrected chi connectivity index (χ4v) is 4.30. The highest BCUT2D eigenvalue weighted by Crippen LogP contribution is 2.32. The molecule has 1 saturated heterocycles. The van der Waals surface area contributed by atoms with Crippen LogP contribution < -0.4 is 5.32 Å². The molecule has 0 atom stereocenters. The number of H-pyrrole nitrogens is 1. The summed E-state index contributed by atoms with van der Waals surface area (Å²) in [6.45, 7) is 0.400. The minimum Gasteiger partial charge on any atom is -0.361 e. The van der Waals surface area contributed by atoms with Gasteiger partial charge in [0, 0.05) is 55.5 Å². The molecule has 4 rings (SSSR count). The fourth-order valence-electron chi connectivity index (χ4n) is 3.45. The average molecular weight is 441 g/mol. The van der Waals surface area contributed by atoms with E-state index in [1.165, 1.54) is 12.1 Å². The van der Waals surface area contributed by atoms with Gasteiger partial charge in [-0.3, -0.25) is 19.3 Å². The van der Waals surface area contributed by atoms with Gasteiger partial charge in [0.25, 0.3) is 11.1 Å². The summed E-state index contributed by atoms with van der Waals surface area (Å²) < 4.78 is 15.3. The van der Waals surface area contributed by atoms with Crippen LogP contribution in [0.5, 0.6) is 0 Å². The summed E-state index contributed by atoms with van der Waals surface area (Å²) in [6.07, 6.45) is 5.89. The number of nitrogens with one attached hydrogen (secondary N) is 2. The van der Waals surface area contributed by atoms with E-state index in [1.807, 2.05) is 29.9 Å². The molecule has 1 aliphatic rings. The Morgan fingerprint density at radius 1 is 1.29 bits per heavy atom. The van der Waals surface area contributed by atoms with Crippen LogP contribution >= 0.6 is 11.8 Å². The molecule has 2 N–H and O–H groups in total. The van der Waals surface area contributed by atoms with Gasteiger partial charge in [-0.15, -0.1) is 0 Å². The number of amides is 3. The van der Waals surface area contributed by atoms with Crippen molar-refractivity contribution in [3.05, 3.63) is 64.7 Å². The number of carbonyl (C=O) groups is 3. The highest BCUT2D eigenvalue weighted by Gasteiger charge is 2.35. The van der Waals surface area contributed by atoms with Crippen molar-refractivity contribution in [3.63, 3.8) is 0 Å². The molecule has 0 aliphatic carbocycles. The average Bonchev–Trinajstić information content (AvgIpc) is 3.40. The Kier molecular flexibility index (Phi) is 5.94. The molecular weight excluding hydrogens is 419 g/mol. The van der Waals surface area contributed by atoms with Crippen LogP contribution in [0.3, 0.4) is 0 Å². The van der Waals surface area contributed by atoms with E-state index in [9.17, 15) is 18.8 Å². The predicted octanol–water partition coefficient (Wildman–Crippen LogP) is 3.43. The van der Waals surface area contributed by atoms with Crippen molar-refractivity contribution in [2.75, 3.05) is 13.1 Å². The quantitative estimate of drug-likeness (QED) is 0.551. The lowest BCUT2D eigenvalue weighted by atomic mass is 10.1. The molecule has 31 heavy (non-hydrogen) atoms. The van der Waals surface area contributed by atoms with Crippen molar-refractivity contribution >= 4 is 45.8 Å². The van der Waals surface area contributed by atoms with Crippen LogP contribution in [0, 0.1) is 5.82 Å². The molecule has 7 nitrogen and oxygen atoms in total. The van der Waals surface area contributed by atoms with Crippen LogP contribution in [0.2, 0.25) is 0 Å². The topological polar surface area (TPSA) is 87.2 Å². The molecule has 1 fully saturated rings. The number of aryl methyl sites for hydroxylation is 1. The van der Waals surface area contributed by atoms with Crippen LogP contribution in [0.15, 0.2) is 47.6 Å². The normalized spacial score (nSPS) is 15.4. The highest BCUT2D eigenvalue weighted by atomic mass is 32.2. The van der Waals surface area contributed by atoms with Crippen LogP contribution in [-0.2, 0) is 23.1 Å². The number of thioether (sulfide) groups is 1. The standard InChI is InChI=1S/C22H21FN4O3S/c1-26-9-2-3-16(26)12-19-21(29)27(22(30)31-19)10-7-20(28)24-8-6-14-13-25-18-5-4-15(23)11-17(14)18/h2-5,9,11-13,25H,6-8,10H2,1H3,(H,24,28). The van der Waals surface area contributed by atoms with E-state index in [0.29, 0.717) is 17.9 Å². The molecule has 160 valence electrons. The van der Waals surface area contributed by atoms with Crippen molar-refractivity contribution in [3.8, 4) is 0 Å². The second kappa shape index (κ2) is 8.81. The first-order chi connectivity index (χ1) is 14.9. The number of hydrogen-bond donors (Lipinski definition) is 2. The Balaban J connectivity index is 1.28. The number of rotatable bonds is 7. The van der Waals surface area contributed by atoms with Crippen molar-refractivity contribution in [2.24, 2.45) is 7.05 Å². The van der Waals surface area contributed by atoms with E-state index in [1.54, 1.807) is 18.3 Å². The number of carbonyl (C=O) groups excluding carboxylic acids is 3. The number of imide groups is 1. The Labute approximate surface area is 182 Å². The number of benzene rings is 1. The van der Waals surface area contributed by atoms with Crippen LogP contribution in [0.4, 0.5) is 9.18 Å². The molecule has 3 heterocycles. The van der Waals surface area contributed by atoms with Gasteiger partial charge in [0.2, 0.25) is 5.91 Å². The number of aromatic nitrogens is 2. The first-order valence-corrected chi connectivity index (χ1v) is 10.6. The van der Waals surface area contributed by atoms with Gasteiger partial charge in [-0.1, -0.05) is 0 Å². The van der Waals surface area contributed by atoms with E-state index in [4.69, 9.17) is 0 Å². The molecule has 0 saturated carbocycles. The maximum absolute atomic E-state index is 13.5. The van der Waals surface area contributed by atoms with E-state index < -0.39 is 0 Å². The van der Waals surface area contributed by atoms with Crippen LogP contribution in [0.25, 0.3) is 17.0 Å². The number of aromatic amines is 1. The molecule has 0 unspecified atom stereocenters. The third kappa shape index (κ3) is 4.56. The van der Waals surface area contributed by atoms with Gasteiger partial charge < -0.3 is 14.9 Å². The second-order valence-electron chi connectivity index (χ2n) is 7.23. The zero-order chi connectivity index (χ0) is 22.0. The first kappa shape index (κ1) is 20.9. The maximum atomic E-state index is 13.5. The van der Waals surface area contributed by atoms with Gasteiger partial charge in [-0.25, -0.2) is 4.39 Å². The Morgan fingerprint density at radius 2 is 2.13 bits per heavy atom. The summed E-state index contributed by atoms with van der Waals surface area (Å²) in [6, 6.07) is 8.24. The Hall–Kier alpha value is -3.33. The third-order valence-electron chi connectivity index (χ3n) is 5.14. The van der Waals surface area contributed by atoms with Gasteiger partial charge in [-0.2, -0.15) is 0 Å². The van der Waals surface area contributed by atoms with Gasteiger partial charge in [0.15, 0.2) is 0 Å². The van der Waals surface area contributed by atoms with Crippen molar-refractivity contribution < 1.29 is 18.8 Å². The van der Waals surface area contributed by atoms with Gasteiger partial charge in [0.1, 0.15) is 5.82 Å². The minimum atomic E-state index is -0.384. The fraction of sp³-hybridized carbons (Fsp3) is 0.227. The van der Waals surface area contributed by atoms with Crippen molar-refractivity contribution in [2.45, 2.75) is 12.8 Å². The Morgan fingerprint density at radius 3 is 2.90 bits per heavy atom.